The van der Waals surface area contributed by atoms with Crippen LogP contribution in [0.5, 0.6) is 0 Å². The molecule has 0 rings (SSSR count). The highest BCUT2D eigenvalue weighted by Gasteiger charge is 2.41. The summed E-state index contributed by atoms with van der Waals surface area (Å²) >= 11 is 0. The summed E-state index contributed by atoms with van der Waals surface area (Å²) in [6.45, 7) is 7.92. The number of carboxylic acids is 2. The molecule has 0 saturated carbocycles. The number of ether oxygens (including phenoxy) is 3. The van der Waals surface area contributed by atoms with Crippen LogP contribution in [0, 0.1) is 0 Å². The van der Waals surface area contributed by atoms with Crippen LogP contribution in [0.15, 0.2) is 0 Å². The minimum Gasteiger partial charge on any atom is -0.479 e. The van der Waals surface area contributed by atoms with Crippen molar-refractivity contribution in [1.82, 2.24) is 0 Å². The van der Waals surface area contributed by atoms with Gasteiger partial charge in [-0.05, 0) is 34.6 Å². The second kappa shape index (κ2) is 7.87. The number of hydrogen-bond donors (Lipinski definition) is 3. The molecule has 0 aromatic rings. The van der Waals surface area contributed by atoms with E-state index in [2.05, 4.69) is 0 Å². The van der Waals surface area contributed by atoms with Crippen molar-refractivity contribution in [3.8, 4) is 0 Å². The molecule has 0 fully saturated rings. The van der Waals surface area contributed by atoms with E-state index in [0.29, 0.717) is 0 Å². The molecule has 0 radical (unpaired) electrons. The van der Waals surface area contributed by atoms with E-state index in [4.69, 9.17) is 19.3 Å². The molecule has 0 aliphatic rings. The number of carboxylic acid groups (broad SMARTS) is 2. The summed E-state index contributed by atoms with van der Waals surface area (Å²) in [5, 5.41) is 27.9. The highest BCUT2D eigenvalue weighted by molar-refractivity contribution is 5.75. The zero-order valence-corrected chi connectivity index (χ0v) is 13.8. The fourth-order valence-electron chi connectivity index (χ4n) is 1.50. The Labute approximate surface area is 130 Å². The smallest absolute Gasteiger partial charge is 0.335 e. The maximum Gasteiger partial charge on any atom is 0.335 e. The molecule has 3 atom stereocenters. The largest absolute Gasteiger partial charge is 0.479 e. The normalized spacial score (nSPS) is 16.9. The Morgan fingerprint density at radius 1 is 1.05 bits per heavy atom. The van der Waals surface area contributed by atoms with Crippen LogP contribution in [-0.4, -0.2) is 70.5 Å². The molecule has 0 aromatic carbocycles. The lowest BCUT2D eigenvalue weighted by atomic mass is 10.0. The van der Waals surface area contributed by atoms with Crippen molar-refractivity contribution in [2.45, 2.75) is 64.1 Å². The molecule has 22 heavy (non-hydrogen) atoms. The number of hydrogen-bond acceptors (Lipinski definition) is 6. The van der Waals surface area contributed by atoms with Crippen LogP contribution in [0.1, 0.15) is 34.6 Å². The van der Waals surface area contributed by atoms with Gasteiger partial charge in [0.05, 0.1) is 17.8 Å². The van der Waals surface area contributed by atoms with Gasteiger partial charge in [0.15, 0.2) is 12.2 Å². The van der Waals surface area contributed by atoms with Gasteiger partial charge in [-0.1, -0.05) is 0 Å². The first-order chi connectivity index (χ1) is 9.81. The molecule has 8 nitrogen and oxygen atoms in total. The van der Waals surface area contributed by atoms with Crippen molar-refractivity contribution in [3.05, 3.63) is 0 Å². The van der Waals surface area contributed by atoms with Gasteiger partial charge in [0.1, 0.15) is 6.10 Å². The standard InChI is InChI=1S/C14H26O8/c1-13(2,3)21-7-8(9(15)11(16)17)22-10(12(18)19)14(4,5)20-6/h8-10,15H,7H2,1-6H3,(H,16,17)(H,18,19). The van der Waals surface area contributed by atoms with Crippen LogP contribution in [0.3, 0.4) is 0 Å². The molecule has 8 heteroatoms. The van der Waals surface area contributed by atoms with E-state index >= 15 is 0 Å². The Hall–Kier alpha value is -1.22. The lowest BCUT2D eigenvalue weighted by Gasteiger charge is -2.34. The summed E-state index contributed by atoms with van der Waals surface area (Å²) < 4.78 is 15.8. The molecule has 0 heterocycles. The summed E-state index contributed by atoms with van der Waals surface area (Å²) in [5.41, 5.74) is -1.82. The molecule has 0 aliphatic carbocycles. The van der Waals surface area contributed by atoms with Gasteiger partial charge < -0.3 is 29.5 Å². The van der Waals surface area contributed by atoms with Crippen molar-refractivity contribution in [1.29, 1.82) is 0 Å². The number of aliphatic hydroxyl groups excluding tert-OH is 1. The Bertz CT molecular complexity index is 385. The maximum absolute atomic E-state index is 11.4. The van der Waals surface area contributed by atoms with Gasteiger partial charge in [-0.3, -0.25) is 0 Å². The van der Waals surface area contributed by atoms with E-state index in [0.717, 1.165) is 0 Å². The summed E-state index contributed by atoms with van der Waals surface area (Å²) in [5.74, 6) is -2.85. The second-order valence-electron chi connectivity index (χ2n) is 6.41. The average molecular weight is 322 g/mol. The van der Waals surface area contributed by atoms with Crippen LogP contribution in [0.25, 0.3) is 0 Å². The van der Waals surface area contributed by atoms with Gasteiger partial charge in [-0.15, -0.1) is 0 Å². The maximum atomic E-state index is 11.4. The molecule has 3 N–H and O–H groups in total. The lowest BCUT2D eigenvalue weighted by molar-refractivity contribution is -0.204. The zero-order valence-electron chi connectivity index (χ0n) is 13.8. The SMILES string of the molecule is COC(C)(C)C(OC(COC(C)(C)C)C(O)C(=O)O)C(=O)O. The van der Waals surface area contributed by atoms with E-state index < -0.39 is 41.5 Å². The Balaban J connectivity index is 5.23. The predicted octanol–water partition coefficient (Wildman–Crippen LogP) is 0.510. The summed E-state index contributed by atoms with van der Waals surface area (Å²) in [7, 11) is 1.31. The van der Waals surface area contributed by atoms with Crippen LogP contribution < -0.4 is 0 Å². The fourth-order valence-corrected chi connectivity index (χ4v) is 1.50. The topological polar surface area (TPSA) is 123 Å². The van der Waals surface area contributed by atoms with Gasteiger partial charge >= 0.3 is 11.9 Å². The molecule has 0 bridgehead atoms. The number of aliphatic hydroxyl groups is 1. The second-order valence-corrected chi connectivity index (χ2v) is 6.41. The molecule has 0 aromatic heterocycles. The van der Waals surface area contributed by atoms with Crippen LogP contribution in [0.4, 0.5) is 0 Å². The van der Waals surface area contributed by atoms with E-state index in [9.17, 15) is 19.8 Å². The molecule has 130 valence electrons. The third kappa shape index (κ3) is 6.69. The van der Waals surface area contributed by atoms with E-state index in [1.54, 1.807) is 20.8 Å². The quantitative estimate of drug-likeness (QED) is 0.561. The van der Waals surface area contributed by atoms with Crippen molar-refractivity contribution in [2.24, 2.45) is 0 Å². The van der Waals surface area contributed by atoms with E-state index in [1.807, 2.05) is 0 Å². The molecular weight excluding hydrogens is 296 g/mol. The zero-order chi connectivity index (χ0) is 17.7. The number of aliphatic carboxylic acids is 2. The van der Waals surface area contributed by atoms with Crippen LogP contribution in [0.2, 0.25) is 0 Å². The van der Waals surface area contributed by atoms with Crippen molar-refractivity contribution in [2.75, 3.05) is 13.7 Å². The number of rotatable bonds is 9. The van der Waals surface area contributed by atoms with E-state index in [1.165, 1.54) is 21.0 Å². The summed E-state index contributed by atoms with van der Waals surface area (Å²) in [6.07, 6.45) is -4.75. The first-order valence-corrected chi connectivity index (χ1v) is 6.80. The van der Waals surface area contributed by atoms with Crippen molar-refractivity contribution < 1.29 is 39.1 Å². The summed E-state index contributed by atoms with van der Waals surface area (Å²) in [6, 6.07) is 0. The third-order valence-electron chi connectivity index (χ3n) is 2.98. The van der Waals surface area contributed by atoms with Crippen LogP contribution >= 0.6 is 0 Å². The Morgan fingerprint density at radius 3 is 1.86 bits per heavy atom. The summed E-state index contributed by atoms with van der Waals surface area (Å²) in [4.78, 5) is 22.3. The molecule has 0 spiro atoms. The van der Waals surface area contributed by atoms with Gasteiger partial charge in [0.2, 0.25) is 0 Å². The monoisotopic (exact) mass is 322 g/mol. The van der Waals surface area contributed by atoms with Crippen LogP contribution in [-0.2, 0) is 23.8 Å². The minimum absolute atomic E-state index is 0.277. The molecule has 3 unspecified atom stereocenters. The van der Waals surface area contributed by atoms with Gasteiger partial charge in [-0.25, -0.2) is 9.59 Å². The Kier molecular flexibility index (Phi) is 7.43. The lowest BCUT2D eigenvalue weighted by Crippen LogP contribution is -2.52. The average Bonchev–Trinajstić information content (AvgIpc) is 2.36. The predicted molar refractivity (Wildman–Crippen MR) is 76.7 cm³/mol. The first-order valence-electron chi connectivity index (χ1n) is 6.80. The Morgan fingerprint density at radius 2 is 1.55 bits per heavy atom. The number of methoxy groups -OCH3 is 1. The molecule has 0 aliphatic heterocycles. The first kappa shape index (κ1) is 20.8. The highest BCUT2D eigenvalue weighted by atomic mass is 16.6. The van der Waals surface area contributed by atoms with Crippen molar-refractivity contribution in [3.63, 3.8) is 0 Å². The highest BCUT2D eigenvalue weighted by Crippen LogP contribution is 2.21. The van der Waals surface area contributed by atoms with E-state index in [-0.39, 0.29) is 6.61 Å². The minimum atomic E-state index is -1.92. The molecular formula is C14H26O8. The number of carbonyl (C=O) groups is 2. The van der Waals surface area contributed by atoms with Gasteiger partial charge in [-0.2, -0.15) is 0 Å². The third-order valence-corrected chi connectivity index (χ3v) is 2.98. The van der Waals surface area contributed by atoms with Gasteiger partial charge in [0.25, 0.3) is 0 Å². The molecule has 0 saturated heterocycles. The van der Waals surface area contributed by atoms with Crippen molar-refractivity contribution >= 4 is 11.9 Å². The fraction of sp³-hybridized carbons (Fsp3) is 0.857. The molecule has 0 amide bonds. The van der Waals surface area contributed by atoms with Gasteiger partial charge in [0, 0.05) is 7.11 Å².